The number of benzene rings is 2. The third-order valence-corrected chi connectivity index (χ3v) is 5.07. The van der Waals surface area contributed by atoms with Gasteiger partial charge >= 0.3 is 0 Å². The fourth-order valence-electron chi connectivity index (χ4n) is 3.45. The number of methoxy groups -OCH3 is 1. The van der Waals surface area contributed by atoms with E-state index in [1.54, 1.807) is 19.4 Å². The van der Waals surface area contributed by atoms with E-state index in [2.05, 4.69) is 39.5 Å². The van der Waals surface area contributed by atoms with Crippen LogP contribution in [0.1, 0.15) is 27.0 Å². The Morgan fingerprint density at radius 2 is 1.89 bits per heavy atom. The molecule has 0 atom stereocenters. The summed E-state index contributed by atoms with van der Waals surface area (Å²) in [6.45, 7) is 2.19. The minimum atomic E-state index is -0.100. The highest BCUT2D eigenvalue weighted by Crippen LogP contribution is 2.23. The summed E-state index contributed by atoms with van der Waals surface area (Å²) in [5, 5.41) is 2.97. The Hall–Kier alpha value is -3.34. The number of ether oxygens (including phenoxy) is 1. The van der Waals surface area contributed by atoms with Crippen LogP contribution in [0.2, 0.25) is 0 Å². The highest BCUT2D eigenvalue weighted by Gasteiger charge is 2.18. The highest BCUT2D eigenvalue weighted by atomic mass is 16.5. The van der Waals surface area contributed by atoms with Gasteiger partial charge in [0.25, 0.3) is 5.91 Å². The largest absolute Gasteiger partial charge is 0.497 e. The standard InChI is InChI=1S/C23H23N3O2/c1-28-21-8-6-17(7-9-21)15-25-23(27)19-10-12-24-22(14-19)26-13-11-18-4-2-3-5-20(18)16-26/h2-10,12,14H,11,13,15-16H2,1H3,(H,25,27). The van der Waals surface area contributed by atoms with Crippen LogP contribution in [-0.2, 0) is 19.5 Å². The third-order valence-electron chi connectivity index (χ3n) is 5.07. The maximum Gasteiger partial charge on any atom is 0.251 e. The van der Waals surface area contributed by atoms with Crippen LogP contribution in [0, 0.1) is 0 Å². The Bertz CT molecular complexity index is 970. The van der Waals surface area contributed by atoms with Crippen LogP contribution in [0.4, 0.5) is 5.82 Å². The second-order valence-corrected chi connectivity index (χ2v) is 6.87. The molecule has 1 aliphatic rings. The van der Waals surface area contributed by atoms with E-state index in [-0.39, 0.29) is 5.91 Å². The molecule has 5 heteroatoms. The summed E-state index contributed by atoms with van der Waals surface area (Å²) in [4.78, 5) is 19.3. The molecule has 142 valence electrons. The lowest BCUT2D eigenvalue weighted by atomic mass is 10.00. The van der Waals surface area contributed by atoms with Crippen LogP contribution in [0.5, 0.6) is 5.75 Å². The maximum atomic E-state index is 12.6. The fourth-order valence-corrected chi connectivity index (χ4v) is 3.45. The van der Waals surface area contributed by atoms with Crippen molar-refractivity contribution in [3.8, 4) is 5.75 Å². The van der Waals surface area contributed by atoms with Gasteiger partial charge in [0.2, 0.25) is 0 Å². The summed E-state index contributed by atoms with van der Waals surface area (Å²) in [7, 11) is 1.64. The molecule has 28 heavy (non-hydrogen) atoms. The van der Waals surface area contributed by atoms with E-state index >= 15 is 0 Å². The lowest BCUT2D eigenvalue weighted by molar-refractivity contribution is 0.0951. The number of hydrogen-bond acceptors (Lipinski definition) is 4. The van der Waals surface area contributed by atoms with E-state index < -0.39 is 0 Å². The third kappa shape index (κ3) is 3.98. The molecule has 0 saturated heterocycles. The zero-order chi connectivity index (χ0) is 19.3. The van der Waals surface area contributed by atoms with E-state index in [1.807, 2.05) is 30.3 Å². The number of amides is 1. The van der Waals surface area contributed by atoms with Crippen LogP contribution in [0.25, 0.3) is 0 Å². The fraction of sp³-hybridized carbons (Fsp3) is 0.217. The zero-order valence-corrected chi connectivity index (χ0v) is 15.9. The van der Waals surface area contributed by atoms with Gasteiger partial charge in [-0.3, -0.25) is 4.79 Å². The summed E-state index contributed by atoms with van der Waals surface area (Å²) in [5.41, 5.74) is 4.37. The van der Waals surface area contributed by atoms with E-state index in [0.717, 1.165) is 36.6 Å². The molecule has 1 N–H and O–H groups in total. The molecule has 1 aliphatic heterocycles. The topological polar surface area (TPSA) is 54.5 Å². The number of anilines is 1. The van der Waals surface area contributed by atoms with Crippen LogP contribution >= 0.6 is 0 Å². The van der Waals surface area contributed by atoms with Gasteiger partial charge in [-0.2, -0.15) is 0 Å². The summed E-state index contributed by atoms with van der Waals surface area (Å²) in [5.74, 6) is 1.54. The molecule has 2 heterocycles. The Kier molecular flexibility index (Phi) is 5.24. The first kappa shape index (κ1) is 18.0. The number of nitrogens with one attached hydrogen (secondary N) is 1. The second-order valence-electron chi connectivity index (χ2n) is 6.87. The molecule has 0 unspecified atom stereocenters. The number of carbonyl (C=O) groups is 1. The SMILES string of the molecule is COc1ccc(CNC(=O)c2ccnc(N3CCc4ccccc4C3)c2)cc1. The van der Waals surface area contributed by atoms with E-state index in [9.17, 15) is 4.79 Å². The van der Waals surface area contributed by atoms with Crippen LogP contribution < -0.4 is 15.0 Å². The number of hydrogen-bond donors (Lipinski definition) is 1. The summed E-state index contributed by atoms with van der Waals surface area (Å²) < 4.78 is 5.16. The molecular formula is C23H23N3O2. The minimum Gasteiger partial charge on any atom is -0.497 e. The number of nitrogens with zero attached hydrogens (tertiary/aromatic N) is 2. The van der Waals surface area contributed by atoms with Gasteiger partial charge in [0, 0.05) is 31.4 Å². The Balaban J connectivity index is 1.42. The van der Waals surface area contributed by atoms with Crippen molar-refractivity contribution in [1.82, 2.24) is 10.3 Å². The van der Waals surface area contributed by atoms with Crippen molar-refractivity contribution in [2.45, 2.75) is 19.5 Å². The molecule has 0 saturated carbocycles. The molecule has 0 fully saturated rings. The summed E-state index contributed by atoms with van der Waals surface area (Å²) in [6, 6.07) is 19.8. The molecule has 0 bridgehead atoms. The minimum absolute atomic E-state index is 0.100. The number of fused-ring (bicyclic) bond motifs is 1. The normalized spacial score (nSPS) is 13.0. The van der Waals surface area contributed by atoms with Crippen molar-refractivity contribution < 1.29 is 9.53 Å². The van der Waals surface area contributed by atoms with Crippen LogP contribution in [-0.4, -0.2) is 24.5 Å². The van der Waals surface area contributed by atoms with Gasteiger partial charge < -0.3 is 15.0 Å². The van der Waals surface area contributed by atoms with Gasteiger partial charge in [0.15, 0.2) is 0 Å². The van der Waals surface area contributed by atoms with Gasteiger partial charge in [-0.25, -0.2) is 4.98 Å². The van der Waals surface area contributed by atoms with E-state index in [4.69, 9.17) is 4.74 Å². The lowest BCUT2D eigenvalue weighted by Crippen LogP contribution is -2.31. The smallest absolute Gasteiger partial charge is 0.251 e. The quantitative estimate of drug-likeness (QED) is 0.743. The summed E-state index contributed by atoms with van der Waals surface area (Å²) in [6.07, 6.45) is 2.70. The maximum absolute atomic E-state index is 12.6. The predicted molar refractivity (Wildman–Crippen MR) is 110 cm³/mol. The lowest BCUT2D eigenvalue weighted by Gasteiger charge is -2.29. The molecule has 1 amide bonds. The highest BCUT2D eigenvalue weighted by molar-refractivity contribution is 5.94. The van der Waals surface area contributed by atoms with Crippen molar-refractivity contribution in [3.63, 3.8) is 0 Å². The first-order valence-corrected chi connectivity index (χ1v) is 9.42. The molecule has 1 aromatic heterocycles. The molecule has 3 aromatic rings. The number of pyridine rings is 1. The number of rotatable bonds is 5. The Labute approximate surface area is 165 Å². The number of carbonyl (C=O) groups excluding carboxylic acids is 1. The summed E-state index contributed by atoms with van der Waals surface area (Å²) >= 11 is 0. The zero-order valence-electron chi connectivity index (χ0n) is 15.9. The molecular weight excluding hydrogens is 350 g/mol. The van der Waals surface area contributed by atoms with Gasteiger partial charge in [0.05, 0.1) is 7.11 Å². The average molecular weight is 373 g/mol. The first-order valence-electron chi connectivity index (χ1n) is 9.42. The van der Waals surface area contributed by atoms with Crippen molar-refractivity contribution in [2.75, 3.05) is 18.6 Å². The second kappa shape index (κ2) is 8.13. The van der Waals surface area contributed by atoms with Crippen LogP contribution in [0.3, 0.4) is 0 Å². The molecule has 0 spiro atoms. The van der Waals surface area contributed by atoms with Crippen molar-refractivity contribution >= 4 is 11.7 Å². The predicted octanol–water partition coefficient (Wildman–Crippen LogP) is 3.58. The van der Waals surface area contributed by atoms with Gasteiger partial charge in [-0.05, 0) is 47.4 Å². The van der Waals surface area contributed by atoms with Gasteiger partial charge in [0.1, 0.15) is 11.6 Å². The van der Waals surface area contributed by atoms with Crippen molar-refractivity contribution in [2.24, 2.45) is 0 Å². The van der Waals surface area contributed by atoms with Crippen molar-refractivity contribution in [1.29, 1.82) is 0 Å². The van der Waals surface area contributed by atoms with Gasteiger partial charge in [-0.1, -0.05) is 36.4 Å². The van der Waals surface area contributed by atoms with Crippen LogP contribution in [0.15, 0.2) is 66.9 Å². The molecule has 4 rings (SSSR count). The molecule has 0 radical (unpaired) electrons. The monoisotopic (exact) mass is 373 g/mol. The van der Waals surface area contributed by atoms with Crippen molar-refractivity contribution in [3.05, 3.63) is 89.1 Å². The average Bonchev–Trinajstić information content (AvgIpc) is 2.77. The number of aromatic nitrogens is 1. The molecule has 5 nitrogen and oxygen atoms in total. The Morgan fingerprint density at radius 3 is 2.68 bits per heavy atom. The molecule has 2 aromatic carbocycles. The van der Waals surface area contributed by atoms with Gasteiger partial charge in [-0.15, -0.1) is 0 Å². The van der Waals surface area contributed by atoms with E-state index in [1.165, 1.54) is 11.1 Å². The molecule has 0 aliphatic carbocycles. The first-order chi connectivity index (χ1) is 13.7. The Morgan fingerprint density at radius 1 is 1.11 bits per heavy atom. The van der Waals surface area contributed by atoms with E-state index in [0.29, 0.717) is 12.1 Å².